The van der Waals surface area contributed by atoms with Gasteiger partial charge in [-0.25, -0.2) is 0 Å². The second kappa shape index (κ2) is 6.91. The fourth-order valence-corrected chi connectivity index (χ4v) is 3.41. The zero-order valence-corrected chi connectivity index (χ0v) is 15.0. The largest absolute Gasteiger partial charge is 0.257 e. The Labute approximate surface area is 157 Å². The number of hydrogen-bond donors (Lipinski definition) is 0. The summed E-state index contributed by atoms with van der Waals surface area (Å²) in [6.07, 6.45) is 0.816. The van der Waals surface area contributed by atoms with Gasteiger partial charge in [0.15, 0.2) is 0 Å². The molecule has 1 atom stereocenters. The minimum absolute atomic E-state index is 0.160. The summed E-state index contributed by atoms with van der Waals surface area (Å²) in [4.78, 5) is 0. The number of halogens is 2. The van der Waals surface area contributed by atoms with Crippen LogP contribution in [0.1, 0.15) is 23.6 Å². The molecule has 1 aliphatic rings. The summed E-state index contributed by atoms with van der Waals surface area (Å²) in [5.41, 5.74) is 4.33. The van der Waals surface area contributed by atoms with Crippen LogP contribution in [0.4, 0.5) is 5.69 Å². The highest BCUT2D eigenvalue weighted by molar-refractivity contribution is 6.42. The molecule has 0 bridgehead atoms. The van der Waals surface area contributed by atoms with Gasteiger partial charge in [-0.15, -0.1) is 0 Å². The van der Waals surface area contributed by atoms with Crippen molar-refractivity contribution in [2.24, 2.45) is 5.10 Å². The van der Waals surface area contributed by atoms with Gasteiger partial charge in [0.1, 0.15) is 0 Å². The van der Waals surface area contributed by atoms with E-state index in [4.69, 9.17) is 28.3 Å². The third kappa shape index (κ3) is 3.28. The maximum Gasteiger partial charge on any atom is 0.0831 e. The Kier molecular flexibility index (Phi) is 4.48. The van der Waals surface area contributed by atoms with E-state index in [2.05, 4.69) is 41.4 Å². The molecule has 3 aromatic carbocycles. The molecule has 124 valence electrons. The Morgan fingerprint density at radius 2 is 1.48 bits per heavy atom. The van der Waals surface area contributed by atoms with Crippen LogP contribution in [0.3, 0.4) is 0 Å². The number of hydrazone groups is 1. The molecule has 0 unspecified atom stereocenters. The molecule has 25 heavy (non-hydrogen) atoms. The molecule has 1 heterocycles. The van der Waals surface area contributed by atoms with E-state index in [0.717, 1.165) is 23.4 Å². The van der Waals surface area contributed by atoms with Crippen LogP contribution in [0.15, 0.2) is 84.0 Å². The van der Waals surface area contributed by atoms with Crippen molar-refractivity contribution in [1.82, 2.24) is 0 Å². The summed E-state index contributed by atoms with van der Waals surface area (Å²) in [6.45, 7) is 0. The standard InChI is InChI=1S/C21H16Cl2N2/c22-18-12-11-16(13-19(18)23)20-14-21(15-7-3-1-4-8-15)25(24-20)17-9-5-2-6-10-17/h1-13,21H,14H2/t21-/m0/s1. The molecule has 0 N–H and O–H groups in total. The topological polar surface area (TPSA) is 15.6 Å². The summed E-state index contributed by atoms with van der Waals surface area (Å²) in [6, 6.07) is 26.5. The van der Waals surface area contributed by atoms with Crippen molar-refractivity contribution in [1.29, 1.82) is 0 Å². The fraction of sp³-hybridized carbons (Fsp3) is 0.0952. The highest BCUT2D eigenvalue weighted by Gasteiger charge is 2.29. The van der Waals surface area contributed by atoms with Gasteiger partial charge in [0.2, 0.25) is 0 Å². The van der Waals surface area contributed by atoms with E-state index in [9.17, 15) is 0 Å². The average molecular weight is 367 g/mol. The third-order valence-corrected chi connectivity index (χ3v) is 5.11. The molecule has 3 aromatic rings. The second-order valence-electron chi connectivity index (χ2n) is 5.99. The molecule has 0 saturated carbocycles. The molecular weight excluding hydrogens is 351 g/mol. The first kappa shape index (κ1) is 16.2. The summed E-state index contributed by atoms with van der Waals surface area (Å²) >= 11 is 12.3. The van der Waals surface area contributed by atoms with Gasteiger partial charge in [-0.05, 0) is 35.4 Å². The number of rotatable bonds is 3. The van der Waals surface area contributed by atoms with Crippen LogP contribution in [0.25, 0.3) is 0 Å². The zero-order valence-electron chi connectivity index (χ0n) is 13.4. The van der Waals surface area contributed by atoms with Crippen molar-refractivity contribution < 1.29 is 0 Å². The van der Waals surface area contributed by atoms with Crippen LogP contribution >= 0.6 is 23.2 Å². The molecule has 0 aliphatic carbocycles. The first-order valence-corrected chi connectivity index (χ1v) is 8.90. The summed E-state index contributed by atoms with van der Waals surface area (Å²) in [7, 11) is 0. The lowest BCUT2D eigenvalue weighted by atomic mass is 9.98. The van der Waals surface area contributed by atoms with Crippen molar-refractivity contribution in [3.05, 3.63) is 100 Å². The molecule has 0 spiro atoms. The van der Waals surface area contributed by atoms with Crippen molar-refractivity contribution in [2.45, 2.75) is 12.5 Å². The Hall–Kier alpha value is -2.29. The molecule has 0 saturated heterocycles. The van der Waals surface area contributed by atoms with Gasteiger partial charge in [-0.3, -0.25) is 5.01 Å². The van der Waals surface area contributed by atoms with Crippen LogP contribution in [0, 0.1) is 0 Å². The van der Waals surface area contributed by atoms with Crippen LogP contribution in [-0.2, 0) is 0 Å². The van der Waals surface area contributed by atoms with Gasteiger partial charge in [0.25, 0.3) is 0 Å². The van der Waals surface area contributed by atoms with Gasteiger partial charge in [-0.2, -0.15) is 5.10 Å². The highest BCUT2D eigenvalue weighted by Crippen LogP contribution is 2.37. The molecule has 4 heteroatoms. The molecule has 0 radical (unpaired) electrons. The minimum atomic E-state index is 0.160. The summed E-state index contributed by atoms with van der Waals surface area (Å²) < 4.78 is 0. The number of benzene rings is 3. The number of nitrogens with zero attached hydrogens (tertiary/aromatic N) is 2. The van der Waals surface area contributed by atoms with Gasteiger partial charge in [0, 0.05) is 6.42 Å². The van der Waals surface area contributed by atoms with E-state index in [1.54, 1.807) is 0 Å². The molecule has 4 rings (SSSR count). The first-order chi connectivity index (χ1) is 12.2. The lowest BCUT2D eigenvalue weighted by Crippen LogP contribution is -2.18. The van der Waals surface area contributed by atoms with Gasteiger partial charge in [-0.1, -0.05) is 77.8 Å². The Balaban J connectivity index is 1.75. The number of anilines is 1. The van der Waals surface area contributed by atoms with E-state index in [-0.39, 0.29) is 6.04 Å². The van der Waals surface area contributed by atoms with Crippen LogP contribution < -0.4 is 5.01 Å². The maximum absolute atomic E-state index is 6.20. The smallest absolute Gasteiger partial charge is 0.0831 e. The Bertz CT molecular complexity index is 908. The third-order valence-electron chi connectivity index (χ3n) is 4.37. The van der Waals surface area contributed by atoms with Crippen molar-refractivity contribution >= 4 is 34.6 Å². The molecule has 0 fully saturated rings. The SMILES string of the molecule is Clc1ccc(C2=NN(c3ccccc3)[C@H](c3ccccc3)C2)cc1Cl. The van der Waals surface area contributed by atoms with E-state index in [1.807, 2.05) is 42.5 Å². The highest BCUT2D eigenvalue weighted by atomic mass is 35.5. The van der Waals surface area contributed by atoms with Crippen molar-refractivity contribution in [3.63, 3.8) is 0 Å². The fourth-order valence-electron chi connectivity index (χ4n) is 3.11. The van der Waals surface area contributed by atoms with E-state index >= 15 is 0 Å². The van der Waals surface area contributed by atoms with Gasteiger partial charge >= 0.3 is 0 Å². The maximum atomic E-state index is 6.20. The minimum Gasteiger partial charge on any atom is -0.257 e. The van der Waals surface area contributed by atoms with Crippen LogP contribution in [0.5, 0.6) is 0 Å². The predicted octanol–water partition coefficient (Wildman–Crippen LogP) is 6.35. The number of para-hydroxylation sites is 1. The predicted molar refractivity (Wildman–Crippen MR) is 106 cm³/mol. The van der Waals surface area contributed by atoms with Crippen molar-refractivity contribution in [3.8, 4) is 0 Å². The first-order valence-electron chi connectivity index (χ1n) is 8.14. The van der Waals surface area contributed by atoms with E-state index < -0.39 is 0 Å². The van der Waals surface area contributed by atoms with Crippen LogP contribution in [-0.4, -0.2) is 5.71 Å². The van der Waals surface area contributed by atoms with Crippen LogP contribution in [0.2, 0.25) is 10.0 Å². The quantitative estimate of drug-likeness (QED) is 0.527. The van der Waals surface area contributed by atoms with E-state index in [0.29, 0.717) is 10.0 Å². The molecular formula is C21H16Cl2N2. The molecule has 1 aliphatic heterocycles. The van der Waals surface area contributed by atoms with E-state index in [1.165, 1.54) is 5.56 Å². The Morgan fingerprint density at radius 1 is 0.800 bits per heavy atom. The number of hydrogen-bond acceptors (Lipinski definition) is 2. The lowest BCUT2D eigenvalue weighted by molar-refractivity contribution is 0.709. The monoisotopic (exact) mass is 366 g/mol. The molecule has 0 aromatic heterocycles. The van der Waals surface area contributed by atoms with Gasteiger partial charge in [0.05, 0.1) is 27.5 Å². The summed E-state index contributed by atoms with van der Waals surface area (Å²) in [5, 5.41) is 8.11. The normalized spacial score (nSPS) is 16.8. The zero-order chi connectivity index (χ0) is 17.2. The molecule has 2 nitrogen and oxygen atoms in total. The summed E-state index contributed by atoms with van der Waals surface area (Å²) in [5.74, 6) is 0. The van der Waals surface area contributed by atoms with Crippen molar-refractivity contribution in [2.75, 3.05) is 5.01 Å². The Morgan fingerprint density at radius 3 is 2.16 bits per heavy atom. The van der Waals surface area contributed by atoms with Gasteiger partial charge < -0.3 is 0 Å². The second-order valence-corrected chi connectivity index (χ2v) is 6.80. The average Bonchev–Trinajstić information content (AvgIpc) is 3.11. The molecule has 0 amide bonds. The lowest BCUT2D eigenvalue weighted by Gasteiger charge is -2.23.